The van der Waals surface area contributed by atoms with E-state index in [1.807, 2.05) is 138 Å². The maximum atomic E-state index is 11.5. The first-order valence-corrected chi connectivity index (χ1v) is 54.1. The fourth-order valence-corrected chi connectivity index (χ4v) is 11.2. The molecule has 0 aromatic heterocycles. The van der Waals surface area contributed by atoms with Crippen molar-refractivity contribution in [3.05, 3.63) is 146 Å². The van der Waals surface area contributed by atoms with Gasteiger partial charge in [-0.25, -0.2) is 0 Å². The molecule has 0 heterocycles. The number of phosphoric acid groups is 3. The lowest BCUT2D eigenvalue weighted by Gasteiger charge is -2.23. The number of hydrogen-bond donors (Lipinski definition) is 5. The summed E-state index contributed by atoms with van der Waals surface area (Å²) in [5.41, 5.74) is 8.71. The zero-order valence-electron chi connectivity index (χ0n) is 91.3. The van der Waals surface area contributed by atoms with Crippen LogP contribution in [0.15, 0.2) is 146 Å². The molecule has 32 nitrogen and oxygen atoms in total. The van der Waals surface area contributed by atoms with Crippen molar-refractivity contribution in [2.75, 3.05) is 151 Å². The van der Waals surface area contributed by atoms with E-state index in [9.17, 15) is 68.0 Å². The Morgan fingerprint density at radius 2 is 0.624 bits per heavy atom. The number of phosphoric ester groups is 3. The number of carbonyl (C=O) groups excluding carboxylic acids is 4. The van der Waals surface area contributed by atoms with Gasteiger partial charge in [-0.2, -0.15) is 0 Å². The van der Waals surface area contributed by atoms with E-state index < -0.39 is 53.8 Å². The Kier molecular flexibility index (Phi) is 130. The molecule has 834 valence electrons. The second kappa shape index (κ2) is 117. The molecule has 0 aromatic carbocycles. The zero-order valence-corrected chi connectivity index (χ0v) is 93.9. The first kappa shape index (κ1) is 156. The zero-order chi connectivity index (χ0) is 108. The number of rotatable bonds is 77. The van der Waals surface area contributed by atoms with Gasteiger partial charge in [0, 0.05) is 108 Å². The highest BCUT2D eigenvalue weighted by Gasteiger charge is 2.17. The molecule has 0 bridgehead atoms. The molecule has 8 N–H and O–H groups in total. The van der Waals surface area contributed by atoms with Gasteiger partial charge in [0.25, 0.3) is 23.5 Å². The third-order valence-electron chi connectivity index (χ3n) is 18.5. The summed E-state index contributed by atoms with van der Waals surface area (Å²) in [5, 5.41) is 39.2. The normalized spacial score (nSPS) is 14.6. The van der Waals surface area contributed by atoms with Crippen molar-refractivity contribution >= 4 is 46.8 Å². The van der Waals surface area contributed by atoms with Crippen molar-refractivity contribution in [2.45, 2.75) is 346 Å². The Balaban J connectivity index is -0.000000176. The van der Waals surface area contributed by atoms with Crippen molar-refractivity contribution in [3.8, 4) is 0 Å². The SMILES string of the molecule is C.CC(C)OCC(N)C(=O)[O-].CC(C)OCCN(C)C.CC(C)OCC[NH3+].CCCCC[C@H](O)/C=C/C=C\C/C=C\C/C=C\CCCC(=O)C(C)C.CCCCC[C@H](O)/C=C/C=C\C/C=C\C/C=C\CCCC(=O)C(C)C.CCCCC[C@H](O)/C=C/C=C\C/C=C\C/C=C\CCCC(=O)C(C)C.COCC(COP(=O)([O-])OC)OC.COCC(COP(=O)([O-])OC)OC.COCC(COP(=O)([O-])OC)OC. The number of likely N-dealkylation sites (N-methyl/N-ethyl adjacent to an activating group) is 1. The van der Waals surface area contributed by atoms with Crippen LogP contribution in [0.1, 0.15) is 285 Å². The molecule has 0 fully saturated rings. The van der Waals surface area contributed by atoms with E-state index in [-0.39, 0.29) is 95.8 Å². The molecule has 0 saturated heterocycles. The topological polar surface area (TPSA) is 468 Å². The number of ether oxygens (including phenoxy) is 9. The largest absolute Gasteiger partial charge is 0.756 e. The van der Waals surface area contributed by atoms with Gasteiger partial charge < -0.3 is 126 Å². The van der Waals surface area contributed by atoms with Crippen molar-refractivity contribution in [1.82, 2.24) is 4.90 Å². The minimum atomic E-state index is -4.15. The number of carbonyl (C=O) groups is 4. The average molecular weight is 2080 g/mol. The molecule has 0 saturated carbocycles. The van der Waals surface area contributed by atoms with Crippen molar-refractivity contribution in [3.63, 3.8) is 0 Å². The van der Waals surface area contributed by atoms with Crippen LogP contribution in [0.3, 0.4) is 0 Å². The Morgan fingerprint density at radius 3 is 0.830 bits per heavy atom. The third-order valence-corrected chi connectivity index (χ3v) is 21.2. The monoisotopic (exact) mass is 2080 g/mol. The van der Waals surface area contributed by atoms with Crippen LogP contribution in [0.25, 0.3) is 0 Å². The minimum Gasteiger partial charge on any atom is -0.756 e. The van der Waals surface area contributed by atoms with E-state index in [0.717, 1.165) is 163 Å². The lowest BCUT2D eigenvalue weighted by atomic mass is 10.0. The number of carboxylic acids is 1. The number of nitrogens with two attached hydrogens (primary N) is 1. The van der Waals surface area contributed by atoms with Gasteiger partial charge in [-0.1, -0.05) is 273 Å². The predicted molar refractivity (Wildman–Crippen MR) is 568 cm³/mol. The Hall–Kier alpha value is -4.91. The lowest BCUT2D eigenvalue weighted by Crippen LogP contribution is -2.52. The Morgan fingerprint density at radius 1 is 0.369 bits per heavy atom. The number of methoxy groups -OCH3 is 6. The first-order chi connectivity index (χ1) is 66.3. The highest BCUT2D eigenvalue weighted by molar-refractivity contribution is 7.46. The molecule has 0 spiro atoms. The minimum absolute atomic E-state index is 0. The number of aliphatic hydroxyl groups is 3. The molecular formula is C106H203N3O29P3-3. The van der Waals surface area contributed by atoms with Crippen LogP contribution in [0, 0.1) is 17.8 Å². The summed E-state index contributed by atoms with van der Waals surface area (Å²) < 4.78 is 102. The molecular weight excluding hydrogens is 1870 g/mol. The number of Topliss-reactive ketones (excluding diaryl/α,β-unsaturated/α-hetero) is 3. The highest BCUT2D eigenvalue weighted by Crippen LogP contribution is 2.38. The molecule has 35 heteroatoms. The molecule has 0 aliphatic carbocycles. The molecule has 141 heavy (non-hydrogen) atoms. The van der Waals surface area contributed by atoms with Crippen molar-refractivity contribution in [1.29, 1.82) is 0 Å². The summed E-state index contributed by atoms with van der Waals surface area (Å²) >= 11 is 0. The maximum absolute atomic E-state index is 11.5. The summed E-state index contributed by atoms with van der Waals surface area (Å²) in [7, 11) is 3.52. The number of nitrogens with zero attached hydrogens (tertiary/aromatic N) is 1. The molecule has 0 aromatic rings. The number of carboxylic acid groups (broad SMARTS) is 1. The van der Waals surface area contributed by atoms with E-state index in [1.165, 1.54) is 81.2 Å². The van der Waals surface area contributed by atoms with Gasteiger partial charge >= 0.3 is 0 Å². The van der Waals surface area contributed by atoms with Crippen LogP contribution in [0.5, 0.6) is 0 Å². The van der Waals surface area contributed by atoms with Crippen molar-refractivity contribution < 1.29 is 143 Å². The fourth-order valence-electron chi connectivity index (χ4n) is 9.83. The number of hydrogen-bond acceptors (Lipinski definition) is 31. The summed E-state index contributed by atoms with van der Waals surface area (Å²) in [6, 6.07) is -1.01. The maximum Gasteiger partial charge on any atom is 0.267 e. The summed E-state index contributed by atoms with van der Waals surface area (Å²) in [6.45, 7) is 34.0. The van der Waals surface area contributed by atoms with Crippen LogP contribution in [-0.2, 0) is 103 Å². The number of allylic oxidation sites excluding steroid dienone is 21. The van der Waals surface area contributed by atoms with E-state index in [0.29, 0.717) is 48.8 Å². The van der Waals surface area contributed by atoms with Gasteiger partial charge in [0.1, 0.15) is 35.7 Å². The predicted octanol–water partition coefficient (Wildman–Crippen LogP) is 18.1. The molecule has 0 radical (unpaired) electrons. The molecule has 7 unspecified atom stereocenters. The highest BCUT2D eigenvalue weighted by atomic mass is 31.2. The van der Waals surface area contributed by atoms with Crippen LogP contribution < -0.4 is 31.3 Å². The number of aliphatic carboxylic acids is 1. The second-order valence-electron chi connectivity index (χ2n) is 33.9. The van der Waals surface area contributed by atoms with E-state index in [2.05, 4.69) is 164 Å². The summed E-state index contributed by atoms with van der Waals surface area (Å²) in [6.07, 6.45) is 74.5. The van der Waals surface area contributed by atoms with Gasteiger partial charge in [0.2, 0.25) is 0 Å². The standard InChI is InChI=1S/3C23H38O2.C7H17NO.C6H13NO3.3C6H15O6P.C5H13NO.CH4/c3*1-4-5-15-18-22(24)19-16-13-11-9-7-6-8-10-12-14-17-20-23(25)21(2)3;1-7(2)9-6-5-8(3)4;1-4(2)10-3-5(7)6(8)9;3*1-9-4-6(10-2)5-12-13(7,8)11-3;1-5(2)7-4-3-6;/h3*6-7,10-13,16,19,21-22,24H,4-5,8-9,14-15,17-18,20H2,1-3H3;7H,5-6H2,1-4H3;4-5H,3,7H2,1-2H3,(H,8,9);3*6H,4-5H2,1-3H3,(H,7,8);5H,3-4,6H2,1-2H3;1H4/p-3/b3*7-6-,12-10-,13-11-,19-16+;;;;;;;/t3*22-;;;;;;;/m000......./s1. The summed E-state index contributed by atoms with van der Waals surface area (Å²) in [4.78, 5) is 78.6. The Labute approximate surface area is 856 Å². The quantitative estimate of drug-likeness (QED) is 0.0163. The molecule has 10 atom stereocenters. The number of aliphatic hydroxyl groups excluding tert-OH is 3. The molecule has 0 rings (SSSR count). The second-order valence-corrected chi connectivity index (χ2v) is 38.5. The third kappa shape index (κ3) is 139. The molecule has 0 amide bonds. The first-order valence-electron chi connectivity index (χ1n) is 49.7. The van der Waals surface area contributed by atoms with Gasteiger partial charge in [0.05, 0.1) is 115 Å². The van der Waals surface area contributed by atoms with Gasteiger partial charge in [0.15, 0.2) is 0 Å². The van der Waals surface area contributed by atoms with Crippen molar-refractivity contribution in [2.24, 2.45) is 23.5 Å². The number of unbranched alkanes of at least 4 members (excludes halogenated alkanes) is 9. The van der Waals surface area contributed by atoms with Gasteiger partial charge in [-0.05, 0) is 152 Å². The number of quaternary nitrogens is 1. The molecule has 0 aliphatic heterocycles. The Bertz CT molecular complexity index is 2980. The van der Waals surface area contributed by atoms with E-state index in [1.54, 1.807) is 0 Å². The lowest BCUT2D eigenvalue weighted by molar-refractivity contribution is -0.375. The fraction of sp³-hybridized carbons (Fsp3) is 0.736. The smallest absolute Gasteiger partial charge is 0.267 e. The van der Waals surface area contributed by atoms with E-state index >= 15 is 0 Å². The van der Waals surface area contributed by atoms with Crippen LogP contribution in [-0.4, -0.2) is 255 Å². The van der Waals surface area contributed by atoms with Crippen LogP contribution in [0.4, 0.5) is 0 Å². The van der Waals surface area contributed by atoms with Gasteiger partial charge in [-0.3, -0.25) is 28.1 Å². The number of ketones is 3. The summed E-state index contributed by atoms with van der Waals surface area (Å²) in [5.74, 6) is 0.311. The van der Waals surface area contributed by atoms with Crippen LogP contribution in [0.2, 0.25) is 0 Å². The van der Waals surface area contributed by atoms with Gasteiger partial charge in [-0.15, -0.1) is 0 Å². The van der Waals surface area contributed by atoms with Crippen LogP contribution >= 0.6 is 23.5 Å². The van der Waals surface area contributed by atoms with E-state index in [4.69, 9.17) is 48.4 Å². The average Bonchev–Trinajstić information content (AvgIpc) is 0.939. The molecule has 0 aliphatic rings.